The molecule has 3 nitrogen and oxygen atoms in total. The van der Waals surface area contributed by atoms with Crippen molar-refractivity contribution in [2.45, 2.75) is 213 Å². The lowest BCUT2D eigenvalue weighted by molar-refractivity contribution is 0.0725. The van der Waals surface area contributed by atoms with Crippen LogP contribution < -0.4 is 0 Å². The average molecular weight is 677 g/mol. The molecule has 4 atom stereocenters. The van der Waals surface area contributed by atoms with Gasteiger partial charge in [-0.1, -0.05) is 77.7 Å². The fraction of sp³-hybridized carbons (Fsp3) is 0.897. The van der Waals surface area contributed by atoms with Crippen LogP contribution in [0.25, 0.3) is 0 Å². The summed E-state index contributed by atoms with van der Waals surface area (Å²) in [6, 6.07) is 0. The topological polar surface area (TPSA) is 27.7 Å². The van der Waals surface area contributed by atoms with E-state index < -0.39 is 25.0 Å². The number of allylic oxidation sites excluding steroid dienone is 3. The van der Waals surface area contributed by atoms with E-state index in [1.54, 1.807) is 11.1 Å². The normalized spacial score (nSPS) is 29.7. The molecule has 3 fully saturated rings. The van der Waals surface area contributed by atoms with Crippen LogP contribution in [-0.4, -0.2) is 42.8 Å². The smallest absolute Gasteiger partial charge is 0.192 e. The molecule has 3 rings (SSSR count). The third-order valence-electron chi connectivity index (χ3n) is 12.2. The molecule has 0 N–H and O–H groups in total. The Balaban J connectivity index is 1.67. The monoisotopic (exact) mass is 677 g/mol. The first-order chi connectivity index (χ1) is 20.3. The molecular formula is C39H76O3Si3. The van der Waals surface area contributed by atoms with Gasteiger partial charge >= 0.3 is 0 Å². The first-order valence-electron chi connectivity index (χ1n) is 18.7. The molecule has 3 aliphatic carbocycles. The van der Waals surface area contributed by atoms with E-state index in [4.69, 9.17) is 13.3 Å². The summed E-state index contributed by atoms with van der Waals surface area (Å²) in [5, 5.41) is 0.444. The van der Waals surface area contributed by atoms with Crippen LogP contribution in [0.5, 0.6) is 0 Å². The summed E-state index contributed by atoms with van der Waals surface area (Å²) in [5.41, 5.74) is 3.84. The first kappa shape index (κ1) is 39.4. The number of rotatable bonds is 11. The highest BCUT2D eigenvalue weighted by Crippen LogP contribution is 2.54. The molecule has 0 unspecified atom stereocenters. The van der Waals surface area contributed by atoms with Gasteiger partial charge in [0.25, 0.3) is 0 Å². The van der Waals surface area contributed by atoms with Gasteiger partial charge in [-0.05, 0) is 152 Å². The largest absolute Gasteiger partial charge is 0.414 e. The summed E-state index contributed by atoms with van der Waals surface area (Å²) in [7, 11) is -5.21. The Hall–Kier alpha value is 0.0106. The van der Waals surface area contributed by atoms with Gasteiger partial charge in [0.05, 0.1) is 17.8 Å². The van der Waals surface area contributed by atoms with Gasteiger partial charge in [0.2, 0.25) is 0 Å². The number of hydrogen-bond acceptors (Lipinski definition) is 3. The lowest BCUT2D eigenvalue weighted by Crippen LogP contribution is -2.48. The third-order valence-corrected chi connectivity index (χ3v) is 22.4. The van der Waals surface area contributed by atoms with Crippen molar-refractivity contribution in [1.82, 2.24) is 0 Å². The minimum atomic E-state index is -1.85. The molecule has 6 heteroatoms. The Labute approximate surface area is 284 Å². The highest BCUT2D eigenvalue weighted by atomic mass is 28.4. The van der Waals surface area contributed by atoms with E-state index in [2.05, 4.69) is 113 Å². The molecule has 0 heterocycles. The maximum absolute atomic E-state index is 7.07. The van der Waals surface area contributed by atoms with Crippen molar-refractivity contribution >= 4 is 25.0 Å². The molecular weight excluding hydrogens is 601 g/mol. The van der Waals surface area contributed by atoms with E-state index in [0.29, 0.717) is 5.41 Å². The second-order valence-corrected chi connectivity index (χ2v) is 34.2. The Morgan fingerprint density at radius 2 is 1.29 bits per heavy atom. The van der Waals surface area contributed by atoms with Crippen molar-refractivity contribution in [3.05, 3.63) is 23.3 Å². The van der Waals surface area contributed by atoms with Crippen LogP contribution in [-0.2, 0) is 13.3 Å². The van der Waals surface area contributed by atoms with Gasteiger partial charge in [0.1, 0.15) is 0 Å². The van der Waals surface area contributed by atoms with Crippen LogP contribution in [0.2, 0.25) is 55.9 Å². The fourth-order valence-electron chi connectivity index (χ4n) is 8.01. The molecule has 3 aliphatic rings. The molecule has 1 spiro atoms. The van der Waals surface area contributed by atoms with E-state index in [1.807, 2.05) is 0 Å². The van der Waals surface area contributed by atoms with Gasteiger partial charge in [-0.15, -0.1) is 0 Å². The van der Waals surface area contributed by atoms with Gasteiger partial charge in [0.15, 0.2) is 25.0 Å². The molecule has 0 aromatic heterocycles. The molecule has 0 bridgehead atoms. The maximum Gasteiger partial charge on any atom is 0.192 e. The Bertz CT molecular complexity index is 999. The van der Waals surface area contributed by atoms with Crippen LogP contribution in [0, 0.1) is 11.3 Å². The van der Waals surface area contributed by atoms with Crippen LogP contribution >= 0.6 is 0 Å². The Morgan fingerprint density at radius 3 is 1.80 bits per heavy atom. The van der Waals surface area contributed by atoms with Crippen LogP contribution in [0.4, 0.5) is 0 Å². The average Bonchev–Trinajstić information content (AvgIpc) is 3.20. The summed E-state index contributed by atoms with van der Waals surface area (Å²) >= 11 is 0. The standard InChI is InChI=1S/C39H76O3Si3/c1-36(2,3)44(12,13)40-34-26-33(27-35(28-34)41-45(14,15)37(4,5)6)21-20-31-19-17-24-39(29-31)25-22-32(30-39)18-16-23-38(7,8)42-43(9,10)11/h20-21,32,34-35H,16-19,22-30H2,1-15H3/b31-20+,33-21?/t32-,34-,35+,39+/m0/s1. The minimum absolute atomic E-state index is 0.0254. The molecule has 0 aliphatic heterocycles. The highest BCUT2D eigenvalue weighted by Gasteiger charge is 2.44. The predicted octanol–water partition coefficient (Wildman–Crippen LogP) is 13.0. The minimum Gasteiger partial charge on any atom is -0.414 e. The molecule has 0 aromatic carbocycles. The van der Waals surface area contributed by atoms with E-state index in [0.717, 1.165) is 25.2 Å². The third kappa shape index (κ3) is 11.8. The van der Waals surface area contributed by atoms with Crippen molar-refractivity contribution in [2.24, 2.45) is 11.3 Å². The van der Waals surface area contributed by atoms with Crippen molar-refractivity contribution in [2.75, 3.05) is 0 Å². The van der Waals surface area contributed by atoms with E-state index in [9.17, 15) is 0 Å². The van der Waals surface area contributed by atoms with Crippen LogP contribution in [0.1, 0.15) is 139 Å². The summed E-state index contributed by atoms with van der Waals surface area (Å²) in [4.78, 5) is 0. The molecule has 3 saturated carbocycles. The predicted molar refractivity (Wildman–Crippen MR) is 205 cm³/mol. The summed E-state index contributed by atoms with van der Waals surface area (Å²) in [6.07, 6.45) is 22.4. The van der Waals surface area contributed by atoms with Gasteiger partial charge in [-0.2, -0.15) is 0 Å². The lowest BCUT2D eigenvalue weighted by atomic mass is 9.70. The molecule has 262 valence electrons. The molecule has 45 heavy (non-hydrogen) atoms. The zero-order valence-electron chi connectivity index (χ0n) is 32.8. The lowest BCUT2D eigenvalue weighted by Gasteiger charge is -2.45. The summed E-state index contributed by atoms with van der Waals surface area (Å²) in [6.45, 7) is 35.4. The van der Waals surface area contributed by atoms with Crippen molar-refractivity contribution < 1.29 is 13.3 Å². The fourth-order valence-corrected chi connectivity index (χ4v) is 12.5. The van der Waals surface area contributed by atoms with E-state index in [1.165, 1.54) is 64.2 Å². The quantitative estimate of drug-likeness (QED) is 0.204. The van der Waals surface area contributed by atoms with Gasteiger partial charge in [-0.25, -0.2) is 0 Å². The summed E-state index contributed by atoms with van der Waals surface area (Å²) in [5.74, 6) is 0.908. The van der Waals surface area contributed by atoms with E-state index in [-0.39, 0.29) is 27.9 Å². The van der Waals surface area contributed by atoms with Crippen molar-refractivity contribution in [1.29, 1.82) is 0 Å². The molecule has 0 radical (unpaired) electrons. The zero-order valence-corrected chi connectivity index (χ0v) is 35.8. The Kier molecular flexibility index (Phi) is 12.7. The zero-order chi connectivity index (χ0) is 34.1. The first-order valence-corrected chi connectivity index (χ1v) is 28.0. The van der Waals surface area contributed by atoms with Crippen molar-refractivity contribution in [3.63, 3.8) is 0 Å². The number of hydrogen-bond donors (Lipinski definition) is 0. The van der Waals surface area contributed by atoms with Gasteiger partial charge in [-0.3, -0.25) is 0 Å². The molecule has 0 amide bonds. The molecule has 0 aromatic rings. The van der Waals surface area contributed by atoms with Crippen molar-refractivity contribution in [3.8, 4) is 0 Å². The second-order valence-electron chi connectivity index (χ2n) is 20.3. The second kappa shape index (κ2) is 14.5. The SMILES string of the molecule is CC(C)(CCC[C@H]1CC[C@@]2(CCC/C(=C\C=C3C[C@@H](O[Si](C)(C)C(C)(C)C)C[C@@H](O[Si](C)(C)C(C)(C)C)C3)C2)C1)O[Si](C)(C)C. The van der Waals surface area contributed by atoms with Crippen LogP contribution in [0.3, 0.4) is 0 Å². The van der Waals surface area contributed by atoms with Crippen LogP contribution in [0.15, 0.2) is 23.3 Å². The van der Waals surface area contributed by atoms with E-state index >= 15 is 0 Å². The van der Waals surface area contributed by atoms with Gasteiger partial charge in [0, 0.05) is 0 Å². The maximum atomic E-state index is 7.07. The summed E-state index contributed by atoms with van der Waals surface area (Å²) < 4.78 is 20.6. The molecule has 0 saturated heterocycles. The highest BCUT2D eigenvalue weighted by molar-refractivity contribution is 6.74. The Morgan fingerprint density at radius 1 is 0.756 bits per heavy atom. The van der Waals surface area contributed by atoms with Gasteiger partial charge < -0.3 is 13.3 Å².